The third-order valence-electron chi connectivity index (χ3n) is 5.69. The molecule has 34 heavy (non-hydrogen) atoms. The quantitative estimate of drug-likeness (QED) is 0.413. The Bertz CT molecular complexity index is 1390. The Labute approximate surface area is 202 Å². The molecular formula is C26H27N3O4S. The van der Waals surface area contributed by atoms with Crippen molar-refractivity contribution >= 4 is 27.5 Å². The molecule has 4 aromatic rings. The fraction of sp³-hybridized carbons (Fsp3) is 0.269. The number of fused-ring (bicyclic) bond motifs is 1. The first-order valence-electron chi connectivity index (χ1n) is 10.9. The summed E-state index contributed by atoms with van der Waals surface area (Å²) in [5.41, 5.74) is 3.82. The van der Waals surface area contributed by atoms with Crippen molar-refractivity contribution in [2.45, 2.75) is 26.8 Å². The maximum atomic E-state index is 13.3. The van der Waals surface area contributed by atoms with Gasteiger partial charge in [0.05, 0.1) is 25.9 Å². The summed E-state index contributed by atoms with van der Waals surface area (Å²) in [5, 5.41) is 3.44. The highest BCUT2D eigenvalue weighted by atomic mass is 32.1. The first-order valence-corrected chi connectivity index (χ1v) is 11.8. The molecule has 0 saturated carbocycles. The van der Waals surface area contributed by atoms with E-state index in [0.717, 1.165) is 27.1 Å². The molecule has 0 fully saturated rings. The fourth-order valence-electron chi connectivity index (χ4n) is 3.91. The summed E-state index contributed by atoms with van der Waals surface area (Å²) in [5.74, 6) is 1.06. The molecule has 4 rings (SSSR count). The van der Waals surface area contributed by atoms with E-state index in [9.17, 15) is 9.59 Å². The molecule has 0 aliphatic heterocycles. The van der Waals surface area contributed by atoms with E-state index in [2.05, 4.69) is 10.3 Å². The number of nitrogens with zero attached hydrogens (tertiary/aromatic N) is 2. The maximum absolute atomic E-state index is 13.3. The van der Waals surface area contributed by atoms with Crippen molar-refractivity contribution in [3.05, 3.63) is 75.1 Å². The molecule has 2 aromatic carbocycles. The van der Waals surface area contributed by atoms with Crippen LogP contribution in [0.2, 0.25) is 0 Å². The Morgan fingerprint density at radius 3 is 2.50 bits per heavy atom. The lowest BCUT2D eigenvalue weighted by Gasteiger charge is -2.10. The standard InChI is InChI=1S/C26H27N3O4S/c1-16-5-8-19(9-6-16)23-17(2)34-25-24(23)26(31)29(15-28-25)14-22(30)27-12-11-18-7-10-20(32-3)21(13-18)33-4/h5-10,13,15H,11-12,14H2,1-4H3,(H,27,30). The van der Waals surface area contributed by atoms with E-state index >= 15 is 0 Å². The van der Waals surface area contributed by atoms with Gasteiger partial charge in [-0.3, -0.25) is 14.2 Å². The number of hydrogen-bond donors (Lipinski definition) is 1. The molecule has 0 unspecified atom stereocenters. The second-order valence-electron chi connectivity index (χ2n) is 8.05. The zero-order valence-corrected chi connectivity index (χ0v) is 20.5. The molecule has 2 heterocycles. The molecule has 0 saturated heterocycles. The summed E-state index contributed by atoms with van der Waals surface area (Å²) in [6.07, 6.45) is 2.08. The smallest absolute Gasteiger partial charge is 0.263 e. The minimum Gasteiger partial charge on any atom is -0.493 e. The van der Waals surface area contributed by atoms with Gasteiger partial charge in [0.25, 0.3) is 5.56 Å². The molecule has 0 atom stereocenters. The molecule has 1 N–H and O–H groups in total. The van der Waals surface area contributed by atoms with Crippen molar-refractivity contribution < 1.29 is 14.3 Å². The number of methoxy groups -OCH3 is 2. The summed E-state index contributed by atoms with van der Waals surface area (Å²) in [4.78, 5) is 32.0. The number of rotatable bonds is 8. The van der Waals surface area contributed by atoms with E-state index < -0.39 is 0 Å². The Balaban J connectivity index is 1.48. The summed E-state index contributed by atoms with van der Waals surface area (Å²) < 4.78 is 12.0. The van der Waals surface area contributed by atoms with Gasteiger partial charge in [-0.1, -0.05) is 35.9 Å². The molecular weight excluding hydrogens is 450 g/mol. The SMILES string of the molecule is COc1ccc(CCNC(=O)Cn2cnc3sc(C)c(-c4ccc(C)cc4)c3c2=O)cc1OC. The summed E-state index contributed by atoms with van der Waals surface area (Å²) in [6.45, 7) is 4.37. The van der Waals surface area contributed by atoms with Crippen molar-refractivity contribution in [1.82, 2.24) is 14.9 Å². The molecule has 0 aliphatic carbocycles. The molecule has 7 nitrogen and oxygen atoms in total. The number of aromatic nitrogens is 2. The van der Waals surface area contributed by atoms with Crippen molar-refractivity contribution in [1.29, 1.82) is 0 Å². The highest BCUT2D eigenvalue weighted by Crippen LogP contribution is 2.35. The number of nitrogens with one attached hydrogen (secondary N) is 1. The zero-order chi connectivity index (χ0) is 24.2. The number of amides is 1. The molecule has 0 radical (unpaired) electrons. The lowest BCUT2D eigenvalue weighted by atomic mass is 10.0. The maximum Gasteiger partial charge on any atom is 0.263 e. The lowest BCUT2D eigenvalue weighted by Crippen LogP contribution is -2.33. The molecule has 176 valence electrons. The van der Waals surface area contributed by atoms with Gasteiger partial charge in [-0.25, -0.2) is 4.98 Å². The van der Waals surface area contributed by atoms with E-state index in [1.807, 2.05) is 56.3 Å². The number of carbonyl (C=O) groups excluding carboxylic acids is 1. The van der Waals surface area contributed by atoms with E-state index in [0.29, 0.717) is 34.7 Å². The number of ether oxygens (including phenoxy) is 2. The fourth-order valence-corrected chi connectivity index (χ4v) is 4.91. The second kappa shape index (κ2) is 10.1. The van der Waals surface area contributed by atoms with Gasteiger partial charge in [0.2, 0.25) is 5.91 Å². The highest BCUT2D eigenvalue weighted by Gasteiger charge is 2.17. The average molecular weight is 478 g/mol. The number of benzene rings is 2. The van der Waals surface area contributed by atoms with Crippen LogP contribution in [0.5, 0.6) is 11.5 Å². The Kier molecular flexibility index (Phi) is 6.98. The Morgan fingerprint density at radius 1 is 1.06 bits per heavy atom. The summed E-state index contributed by atoms with van der Waals surface area (Å²) >= 11 is 1.49. The normalized spacial score (nSPS) is 10.9. The van der Waals surface area contributed by atoms with Gasteiger partial charge in [0.15, 0.2) is 11.5 Å². The van der Waals surface area contributed by atoms with E-state index in [1.165, 1.54) is 22.2 Å². The Morgan fingerprint density at radius 2 is 1.79 bits per heavy atom. The lowest BCUT2D eigenvalue weighted by molar-refractivity contribution is -0.121. The number of aryl methyl sites for hydroxylation is 2. The highest BCUT2D eigenvalue weighted by molar-refractivity contribution is 7.19. The van der Waals surface area contributed by atoms with Crippen LogP contribution in [0.15, 0.2) is 53.6 Å². The van der Waals surface area contributed by atoms with Crippen LogP contribution >= 0.6 is 11.3 Å². The minimum absolute atomic E-state index is 0.0874. The molecule has 2 aromatic heterocycles. The van der Waals surface area contributed by atoms with Gasteiger partial charge in [0.1, 0.15) is 11.4 Å². The minimum atomic E-state index is -0.243. The number of hydrogen-bond acceptors (Lipinski definition) is 6. The van der Waals surface area contributed by atoms with Crippen LogP contribution in [0.1, 0.15) is 16.0 Å². The second-order valence-corrected chi connectivity index (χ2v) is 9.25. The van der Waals surface area contributed by atoms with E-state index in [-0.39, 0.29) is 18.0 Å². The van der Waals surface area contributed by atoms with Gasteiger partial charge in [-0.05, 0) is 43.5 Å². The molecule has 1 amide bonds. The Hall–Kier alpha value is -3.65. The van der Waals surface area contributed by atoms with Crippen molar-refractivity contribution in [3.63, 3.8) is 0 Å². The third kappa shape index (κ3) is 4.82. The topological polar surface area (TPSA) is 82.5 Å². The molecule has 0 bridgehead atoms. The zero-order valence-electron chi connectivity index (χ0n) is 19.7. The number of carbonyl (C=O) groups is 1. The number of thiophene rings is 1. The van der Waals surface area contributed by atoms with Gasteiger partial charge in [0, 0.05) is 17.0 Å². The van der Waals surface area contributed by atoms with Crippen molar-refractivity contribution in [2.24, 2.45) is 0 Å². The van der Waals surface area contributed by atoms with Gasteiger partial charge >= 0.3 is 0 Å². The van der Waals surface area contributed by atoms with Gasteiger partial charge in [-0.2, -0.15) is 0 Å². The first kappa shape index (κ1) is 23.5. The van der Waals surface area contributed by atoms with Gasteiger partial charge in [-0.15, -0.1) is 11.3 Å². The average Bonchev–Trinajstić information content (AvgIpc) is 3.18. The third-order valence-corrected chi connectivity index (χ3v) is 6.71. The van der Waals surface area contributed by atoms with Gasteiger partial charge < -0.3 is 14.8 Å². The van der Waals surface area contributed by atoms with Crippen LogP contribution in [0.25, 0.3) is 21.3 Å². The van der Waals surface area contributed by atoms with Crippen LogP contribution in [-0.4, -0.2) is 36.2 Å². The first-order chi connectivity index (χ1) is 16.4. The molecule has 0 spiro atoms. The molecule has 8 heteroatoms. The predicted molar refractivity (Wildman–Crippen MR) is 135 cm³/mol. The van der Waals surface area contributed by atoms with Crippen molar-refractivity contribution in [2.75, 3.05) is 20.8 Å². The largest absolute Gasteiger partial charge is 0.493 e. The van der Waals surface area contributed by atoms with Crippen LogP contribution < -0.4 is 20.3 Å². The monoisotopic (exact) mass is 477 g/mol. The summed E-state index contributed by atoms with van der Waals surface area (Å²) in [6, 6.07) is 13.7. The van der Waals surface area contributed by atoms with E-state index in [4.69, 9.17) is 9.47 Å². The molecule has 0 aliphatic rings. The van der Waals surface area contributed by atoms with Crippen molar-refractivity contribution in [3.8, 4) is 22.6 Å². The van der Waals surface area contributed by atoms with Crippen LogP contribution in [0, 0.1) is 13.8 Å². The van der Waals surface area contributed by atoms with Crippen LogP contribution in [0.3, 0.4) is 0 Å². The summed E-state index contributed by atoms with van der Waals surface area (Å²) in [7, 11) is 3.18. The van der Waals surface area contributed by atoms with Crippen LogP contribution in [0.4, 0.5) is 0 Å². The van der Waals surface area contributed by atoms with Crippen LogP contribution in [-0.2, 0) is 17.8 Å². The van der Waals surface area contributed by atoms with E-state index in [1.54, 1.807) is 14.2 Å². The predicted octanol–water partition coefficient (Wildman–Crippen LogP) is 4.12.